The number of rotatable bonds is 4. The lowest BCUT2D eigenvalue weighted by molar-refractivity contribution is 0.0690. The fourth-order valence-electron chi connectivity index (χ4n) is 1.84. The van der Waals surface area contributed by atoms with Gasteiger partial charge < -0.3 is 4.90 Å². The van der Waals surface area contributed by atoms with Gasteiger partial charge in [-0.25, -0.2) is 4.98 Å². The summed E-state index contributed by atoms with van der Waals surface area (Å²) in [5.41, 5.74) is 2.04. The molecule has 1 amide bonds. The van der Waals surface area contributed by atoms with Crippen molar-refractivity contribution in [1.29, 1.82) is 0 Å². The first-order chi connectivity index (χ1) is 9.08. The lowest BCUT2D eigenvalue weighted by Gasteiger charge is -2.26. The van der Waals surface area contributed by atoms with Gasteiger partial charge in [0.1, 0.15) is 0 Å². The molecule has 1 heterocycles. The second kappa shape index (κ2) is 5.97. The Bertz CT molecular complexity index is 548. The maximum Gasteiger partial charge on any atom is 0.283 e. The van der Waals surface area contributed by atoms with Gasteiger partial charge in [-0.05, 0) is 26.3 Å². The molecule has 1 aromatic carbocycles. The summed E-state index contributed by atoms with van der Waals surface area (Å²) in [7, 11) is 0. The zero-order valence-electron chi connectivity index (χ0n) is 11.5. The lowest BCUT2D eigenvalue weighted by atomic mass is 10.2. The van der Waals surface area contributed by atoms with Gasteiger partial charge >= 0.3 is 0 Å². The quantitative estimate of drug-likeness (QED) is 0.855. The molecule has 19 heavy (non-hydrogen) atoms. The molecule has 0 atom stereocenters. The summed E-state index contributed by atoms with van der Waals surface area (Å²) >= 11 is 1.41. The van der Waals surface area contributed by atoms with Crippen molar-refractivity contribution in [2.45, 2.75) is 33.4 Å². The molecule has 0 fully saturated rings. The van der Waals surface area contributed by atoms with Gasteiger partial charge in [0.2, 0.25) is 0 Å². The number of thiazole rings is 1. The minimum Gasteiger partial charge on any atom is -0.330 e. The molecule has 0 aliphatic carbocycles. The van der Waals surface area contributed by atoms with E-state index < -0.39 is 0 Å². The van der Waals surface area contributed by atoms with Gasteiger partial charge in [-0.2, -0.15) is 0 Å². The van der Waals surface area contributed by atoms with Crippen LogP contribution in [0.4, 0.5) is 0 Å². The van der Waals surface area contributed by atoms with Crippen LogP contribution in [0.3, 0.4) is 0 Å². The zero-order valence-corrected chi connectivity index (χ0v) is 12.3. The Labute approximate surface area is 117 Å². The predicted octanol–water partition coefficient (Wildman–Crippen LogP) is 3.50. The summed E-state index contributed by atoms with van der Waals surface area (Å²) in [6.07, 6.45) is 0. The lowest BCUT2D eigenvalue weighted by Crippen LogP contribution is -2.36. The van der Waals surface area contributed by atoms with E-state index in [1.165, 1.54) is 11.3 Å². The maximum absolute atomic E-state index is 12.5. The molecule has 4 heteroatoms. The average Bonchev–Trinajstić information content (AvgIpc) is 2.83. The first-order valence-corrected chi connectivity index (χ1v) is 7.23. The van der Waals surface area contributed by atoms with Crippen LogP contribution in [-0.2, 0) is 6.54 Å². The van der Waals surface area contributed by atoms with E-state index in [1.807, 2.05) is 61.4 Å². The minimum absolute atomic E-state index is 0.0111. The molecule has 0 radical (unpaired) electrons. The van der Waals surface area contributed by atoms with Crippen molar-refractivity contribution in [2.75, 3.05) is 0 Å². The van der Waals surface area contributed by atoms with Crippen LogP contribution in [0, 0.1) is 6.92 Å². The van der Waals surface area contributed by atoms with Crippen molar-refractivity contribution in [3.8, 4) is 0 Å². The number of amides is 1. The van der Waals surface area contributed by atoms with Crippen LogP contribution >= 0.6 is 11.3 Å². The van der Waals surface area contributed by atoms with E-state index in [2.05, 4.69) is 4.98 Å². The molecular weight excluding hydrogens is 256 g/mol. The SMILES string of the molecule is Cc1csc(C(=O)N(Cc2ccccc2)C(C)C)n1. The number of benzene rings is 1. The normalized spacial score (nSPS) is 10.7. The van der Waals surface area contributed by atoms with Crippen LogP contribution in [0.2, 0.25) is 0 Å². The average molecular weight is 274 g/mol. The first kappa shape index (κ1) is 13.7. The Morgan fingerprint density at radius 1 is 1.32 bits per heavy atom. The molecule has 0 spiro atoms. The maximum atomic E-state index is 12.5. The molecule has 0 saturated carbocycles. The van der Waals surface area contributed by atoms with Crippen molar-refractivity contribution < 1.29 is 4.79 Å². The summed E-state index contributed by atoms with van der Waals surface area (Å²) in [5.74, 6) is 0.0111. The number of hydrogen-bond acceptors (Lipinski definition) is 3. The fourth-order valence-corrected chi connectivity index (χ4v) is 2.59. The minimum atomic E-state index is 0.0111. The highest BCUT2D eigenvalue weighted by atomic mass is 32.1. The van der Waals surface area contributed by atoms with E-state index >= 15 is 0 Å². The number of aromatic nitrogens is 1. The van der Waals surface area contributed by atoms with Gasteiger partial charge in [-0.15, -0.1) is 11.3 Å². The largest absolute Gasteiger partial charge is 0.330 e. The third-order valence-corrected chi connectivity index (χ3v) is 3.83. The number of carbonyl (C=O) groups excluding carboxylic acids is 1. The highest BCUT2D eigenvalue weighted by Crippen LogP contribution is 2.16. The van der Waals surface area contributed by atoms with E-state index in [-0.39, 0.29) is 11.9 Å². The van der Waals surface area contributed by atoms with Gasteiger partial charge in [0.05, 0.1) is 0 Å². The second-order valence-electron chi connectivity index (χ2n) is 4.81. The first-order valence-electron chi connectivity index (χ1n) is 6.35. The number of aryl methyl sites for hydroxylation is 1. The number of carbonyl (C=O) groups is 1. The van der Waals surface area contributed by atoms with Crippen LogP contribution < -0.4 is 0 Å². The summed E-state index contributed by atoms with van der Waals surface area (Å²) in [6.45, 7) is 6.59. The Morgan fingerprint density at radius 3 is 2.53 bits per heavy atom. The molecule has 0 saturated heterocycles. The highest BCUT2D eigenvalue weighted by molar-refractivity contribution is 7.11. The highest BCUT2D eigenvalue weighted by Gasteiger charge is 2.21. The number of hydrogen-bond donors (Lipinski definition) is 0. The van der Waals surface area contributed by atoms with Gasteiger partial charge in [0, 0.05) is 23.7 Å². The molecule has 100 valence electrons. The van der Waals surface area contributed by atoms with Crippen LogP contribution in [0.1, 0.15) is 34.9 Å². The standard InChI is InChI=1S/C15H18N2OS/c1-11(2)17(9-13-7-5-4-6-8-13)15(18)14-16-12(3)10-19-14/h4-8,10-11H,9H2,1-3H3. The fraction of sp³-hybridized carbons (Fsp3) is 0.333. The van der Waals surface area contributed by atoms with E-state index in [4.69, 9.17) is 0 Å². The topological polar surface area (TPSA) is 33.2 Å². The molecule has 0 N–H and O–H groups in total. The van der Waals surface area contributed by atoms with Crippen LogP contribution in [-0.4, -0.2) is 21.8 Å². The smallest absolute Gasteiger partial charge is 0.283 e. The van der Waals surface area contributed by atoms with Crippen LogP contribution in [0.15, 0.2) is 35.7 Å². The van der Waals surface area contributed by atoms with E-state index in [0.29, 0.717) is 11.6 Å². The Kier molecular flexibility index (Phi) is 4.32. The van der Waals surface area contributed by atoms with Crippen molar-refractivity contribution >= 4 is 17.2 Å². The molecule has 3 nitrogen and oxygen atoms in total. The monoisotopic (exact) mass is 274 g/mol. The Morgan fingerprint density at radius 2 is 2.00 bits per heavy atom. The van der Waals surface area contributed by atoms with E-state index in [1.54, 1.807) is 0 Å². The zero-order chi connectivity index (χ0) is 13.8. The second-order valence-corrected chi connectivity index (χ2v) is 5.66. The third kappa shape index (κ3) is 3.41. The molecule has 0 aliphatic heterocycles. The van der Waals surface area contributed by atoms with Crippen molar-refractivity contribution in [1.82, 2.24) is 9.88 Å². The summed E-state index contributed by atoms with van der Waals surface area (Å²) in [6, 6.07) is 10.2. The van der Waals surface area contributed by atoms with Gasteiger partial charge in [-0.1, -0.05) is 30.3 Å². The predicted molar refractivity (Wildman–Crippen MR) is 78.3 cm³/mol. The molecule has 0 bridgehead atoms. The van der Waals surface area contributed by atoms with E-state index in [0.717, 1.165) is 11.3 Å². The van der Waals surface area contributed by atoms with Gasteiger partial charge in [0.15, 0.2) is 5.01 Å². The molecule has 0 aliphatic rings. The van der Waals surface area contributed by atoms with E-state index in [9.17, 15) is 4.79 Å². The molecule has 0 unspecified atom stereocenters. The van der Waals surface area contributed by atoms with Crippen molar-refractivity contribution in [3.63, 3.8) is 0 Å². The summed E-state index contributed by atoms with van der Waals surface area (Å²) < 4.78 is 0. The molecule has 2 rings (SSSR count). The summed E-state index contributed by atoms with van der Waals surface area (Å²) in [5, 5.41) is 2.48. The molecule has 2 aromatic rings. The molecule has 1 aromatic heterocycles. The van der Waals surface area contributed by atoms with Crippen LogP contribution in [0.5, 0.6) is 0 Å². The van der Waals surface area contributed by atoms with Gasteiger partial charge in [-0.3, -0.25) is 4.79 Å². The number of nitrogens with zero attached hydrogens (tertiary/aromatic N) is 2. The van der Waals surface area contributed by atoms with Gasteiger partial charge in [0.25, 0.3) is 5.91 Å². The Balaban J connectivity index is 2.19. The third-order valence-electron chi connectivity index (χ3n) is 2.88. The molecular formula is C15H18N2OS. The van der Waals surface area contributed by atoms with Crippen molar-refractivity contribution in [2.24, 2.45) is 0 Å². The summed E-state index contributed by atoms with van der Waals surface area (Å²) in [4.78, 5) is 18.6. The Hall–Kier alpha value is -1.68. The van der Waals surface area contributed by atoms with Crippen molar-refractivity contribution in [3.05, 3.63) is 52.0 Å². The van der Waals surface area contributed by atoms with Crippen LogP contribution in [0.25, 0.3) is 0 Å².